The largest absolute Gasteiger partial charge is 0.307 e. The maximum absolute atomic E-state index is 4.12. The van der Waals surface area contributed by atoms with Crippen LogP contribution in [0.4, 0.5) is 0 Å². The summed E-state index contributed by atoms with van der Waals surface area (Å²) in [6.45, 7) is 5.35. The number of hydrogen-bond acceptors (Lipinski definition) is 3. The van der Waals surface area contributed by atoms with Crippen molar-refractivity contribution in [3.63, 3.8) is 0 Å². The summed E-state index contributed by atoms with van der Waals surface area (Å²) < 4.78 is 0. The van der Waals surface area contributed by atoms with Crippen LogP contribution in [-0.4, -0.2) is 17.4 Å². The molecule has 1 aromatic rings. The van der Waals surface area contributed by atoms with Gasteiger partial charge in [-0.3, -0.25) is 4.98 Å². The molecule has 0 saturated heterocycles. The first-order chi connectivity index (χ1) is 6.17. The molecule has 0 aliphatic rings. The summed E-state index contributed by atoms with van der Waals surface area (Å²) in [5.74, 6) is 0.717. The zero-order valence-electron chi connectivity index (χ0n) is 8.12. The Balaban J connectivity index is 2.69. The van der Waals surface area contributed by atoms with Crippen LogP contribution in [-0.2, 0) is 5.41 Å². The summed E-state index contributed by atoms with van der Waals surface area (Å²) in [5, 5.41) is 3.23. The first kappa shape index (κ1) is 10.5. The molecule has 3 heteroatoms. The second kappa shape index (κ2) is 4.63. The number of pyridine rings is 1. The molecular weight excluding hydrogens is 180 g/mol. The van der Waals surface area contributed by atoms with Gasteiger partial charge >= 0.3 is 0 Å². The summed E-state index contributed by atoms with van der Waals surface area (Å²) in [5.41, 5.74) is 1.45. The number of hydrogen-bond donors (Lipinski definition) is 2. The lowest BCUT2D eigenvalue weighted by Gasteiger charge is -2.25. The van der Waals surface area contributed by atoms with Crippen molar-refractivity contribution in [2.24, 2.45) is 0 Å². The molecule has 0 atom stereocenters. The molecule has 1 N–H and O–H groups in total. The Labute approximate surface area is 85.2 Å². The Morgan fingerprint density at radius 1 is 1.38 bits per heavy atom. The Bertz CT molecular complexity index is 246. The van der Waals surface area contributed by atoms with Crippen molar-refractivity contribution >= 4 is 12.6 Å². The molecule has 1 rings (SSSR count). The third-order valence-electron chi connectivity index (χ3n) is 2.14. The van der Waals surface area contributed by atoms with Gasteiger partial charge in [-0.05, 0) is 17.7 Å². The minimum atomic E-state index is 0.145. The number of nitrogens with one attached hydrogen (secondary N) is 1. The Hall–Kier alpha value is -0.540. The molecule has 0 aliphatic carbocycles. The molecule has 0 amide bonds. The summed E-state index contributed by atoms with van der Waals surface area (Å²) >= 11 is 4.12. The fourth-order valence-electron chi connectivity index (χ4n) is 1.27. The van der Waals surface area contributed by atoms with E-state index in [0.29, 0.717) is 5.88 Å². The molecule has 0 unspecified atom stereocenters. The van der Waals surface area contributed by atoms with Crippen molar-refractivity contribution in [3.05, 3.63) is 30.1 Å². The van der Waals surface area contributed by atoms with E-state index in [1.54, 1.807) is 0 Å². The summed E-state index contributed by atoms with van der Waals surface area (Å²) in [6, 6.07) is 4.11. The first-order valence-electron chi connectivity index (χ1n) is 4.39. The van der Waals surface area contributed by atoms with E-state index in [9.17, 15) is 0 Å². The van der Waals surface area contributed by atoms with E-state index < -0.39 is 0 Å². The fourth-order valence-corrected chi connectivity index (χ4v) is 1.39. The van der Waals surface area contributed by atoms with Crippen molar-refractivity contribution in [1.29, 1.82) is 0 Å². The molecular formula is C10H16N2S. The molecule has 0 spiro atoms. The molecule has 0 bridgehead atoms. The summed E-state index contributed by atoms with van der Waals surface area (Å²) in [6.07, 6.45) is 3.66. The summed E-state index contributed by atoms with van der Waals surface area (Å²) in [7, 11) is 0. The molecule has 0 aromatic carbocycles. The maximum Gasteiger partial charge on any atom is 0.0387 e. The van der Waals surface area contributed by atoms with Crippen LogP contribution in [0, 0.1) is 0 Å². The van der Waals surface area contributed by atoms with Gasteiger partial charge in [0.1, 0.15) is 0 Å². The third kappa shape index (κ3) is 3.01. The second-order valence-corrected chi connectivity index (χ2v) is 4.02. The van der Waals surface area contributed by atoms with Gasteiger partial charge in [0.15, 0.2) is 0 Å². The highest BCUT2D eigenvalue weighted by molar-refractivity contribution is 7.80. The van der Waals surface area contributed by atoms with Gasteiger partial charge < -0.3 is 5.32 Å². The first-order valence-corrected chi connectivity index (χ1v) is 5.02. The molecule has 0 aliphatic heterocycles. The van der Waals surface area contributed by atoms with E-state index in [0.717, 1.165) is 6.54 Å². The van der Waals surface area contributed by atoms with E-state index >= 15 is 0 Å². The zero-order valence-corrected chi connectivity index (χ0v) is 9.01. The number of nitrogens with zero attached hydrogens (tertiary/aromatic N) is 1. The van der Waals surface area contributed by atoms with Gasteiger partial charge in [-0.15, -0.1) is 0 Å². The van der Waals surface area contributed by atoms with E-state index in [1.807, 2.05) is 12.4 Å². The minimum Gasteiger partial charge on any atom is -0.307 e. The third-order valence-corrected chi connectivity index (χ3v) is 2.36. The maximum atomic E-state index is 4.12. The molecule has 0 saturated carbocycles. The van der Waals surface area contributed by atoms with E-state index in [1.165, 1.54) is 5.56 Å². The Kier molecular flexibility index (Phi) is 3.75. The van der Waals surface area contributed by atoms with Gasteiger partial charge in [0.25, 0.3) is 0 Å². The van der Waals surface area contributed by atoms with Crippen molar-refractivity contribution in [1.82, 2.24) is 10.3 Å². The van der Waals surface area contributed by atoms with E-state index in [2.05, 4.69) is 48.9 Å². The molecule has 2 nitrogen and oxygen atoms in total. The molecule has 1 heterocycles. The molecule has 1 aromatic heterocycles. The minimum absolute atomic E-state index is 0.145. The van der Waals surface area contributed by atoms with E-state index in [4.69, 9.17) is 0 Å². The molecule has 13 heavy (non-hydrogen) atoms. The normalized spacial score (nSPS) is 11.6. The average Bonchev–Trinajstić information content (AvgIpc) is 2.16. The fraction of sp³-hybridized carbons (Fsp3) is 0.500. The lowest BCUT2D eigenvalue weighted by Crippen LogP contribution is -2.32. The smallest absolute Gasteiger partial charge is 0.0387 e. The van der Waals surface area contributed by atoms with Crippen molar-refractivity contribution < 1.29 is 0 Å². The van der Waals surface area contributed by atoms with Crippen LogP contribution in [0.15, 0.2) is 24.5 Å². The zero-order chi connectivity index (χ0) is 9.73. The van der Waals surface area contributed by atoms with Crippen LogP contribution < -0.4 is 5.32 Å². The Morgan fingerprint density at radius 3 is 2.54 bits per heavy atom. The second-order valence-electron chi connectivity index (χ2n) is 3.70. The molecule has 72 valence electrons. The lowest BCUT2D eigenvalue weighted by molar-refractivity contribution is 0.490. The topological polar surface area (TPSA) is 24.9 Å². The van der Waals surface area contributed by atoms with Gasteiger partial charge in [0, 0.05) is 30.2 Å². The van der Waals surface area contributed by atoms with E-state index in [-0.39, 0.29) is 5.41 Å². The predicted molar refractivity (Wildman–Crippen MR) is 59.1 cm³/mol. The van der Waals surface area contributed by atoms with Crippen LogP contribution in [0.25, 0.3) is 0 Å². The number of rotatable bonds is 4. The molecule has 0 fully saturated rings. The van der Waals surface area contributed by atoms with Crippen LogP contribution in [0.2, 0.25) is 0 Å². The number of thiol groups is 1. The van der Waals surface area contributed by atoms with Gasteiger partial charge in [-0.2, -0.15) is 12.6 Å². The highest BCUT2D eigenvalue weighted by Gasteiger charge is 2.19. The predicted octanol–water partition coefficient (Wildman–Crippen LogP) is 1.84. The summed E-state index contributed by atoms with van der Waals surface area (Å²) in [4.78, 5) is 4.00. The van der Waals surface area contributed by atoms with Crippen LogP contribution in [0.1, 0.15) is 19.4 Å². The standard InChI is InChI=1S/C10H16N2S/c1-10(2,7-12-8-13)9-3-5-11-6-4-9/h3-6,12-13H,7-8H2,1-2H3. The Morgan fingerprint density at radius 2 is 2.00 bits per heavy atom. The van der Waals surface area contributed by atoms with Gasteiger partial charge in [0.05, 0.1) is 0 Å². The van der Waals surface area contributed by atoms with Gasteiger partial charge in [-0.25, -0.2) is 0 Å². The van der Waals surface area contributed by atoms with Gasteiger partial charge in [-0.1, -0.05) is 13.8 Å². The monoisotopic (exact) mass is 196 g/mol. The highest BCUT2D eigenvalue weighted by Crippen LogP contribution is 2.20. The number of aromatic nitrogens is 1. The van der Waals surface area contributed by atoms with Crippen molar-refractivity contribution in [2.45, 2.75) is 19.3 Å². The SMILES string of the molecule is CC(C)(CNCS)c1ccncc1. The molecule has 0 radical (unpaired) electrons. The van der Waals surface area contributed by atoms with Crippen molar-refractivity contribution in [3.8, 4) is 0 Å². The lowest BCUT2D eigenvalue weighted by atomic mass is 9.85. The van der Waals surface area contributed by atoms with Crippen LogP contribution >= 0.6 is 12.6 Å². The average molecular weight is 196 g/mol. The highest BCUT2D eigenvalue weighted by atomic mass is 32.1. The van der Waals surface area contributed by atoms with Crippen LogP contribution in [0.3, 0.4) is 0 Å². The quantitative estimate of drug-likeness (QED) is 0.567. The van der Waals surface area contributed by atoms with Gasteiger partial charge in [0.2, 0.25) is 0 Å². The van der Waals surface area contributed by atoms with Crippen molar-refractivity contribution in [2.75, 3.05) is 12.4 Å². The van der Waals surface area contributed by atoms with Crippen LogP contribution in [0.5, 0.6) is 0 Å².